The zero-order chi connectivity index (χ0) is 34.7. The van der Waals surface area contributed by atoms with Gasteiger partial charge in [-0.25, -0.2) is 0 Å². The highest BCUT2D eigenvalue weighted by Gasteiger charge is 2.59. The molecule has 3 fully saturated rings. The van der Waals surface area contributed by atoms with E-state index < -0.39 is 0 Å². The minimum atomic E-state index is 0.534. The van der Waals surface area contributed by atoms with Gasteiger partial charge in [-0.15, -0.1) is 0 Å². The Morgan fingerprint density at radius 3 is 1.64 bits per heavy atom. The average molecular weight is 655 g/mol. The Kier molecular flexibility index (Phi) is 21.2. The van der Waals surface area contributed by atoms with Gasteiger partial charge in [-0.3, -0.25) is 0 Å². The molecule has 0 saturated heterocycles. The first-order valence-corrected chi connectivity index (χ1v) is 22.5. The summed E-state index contributed by atoms with van der Waals surface area (Å²) < 4.78 is 0. The second kappa shape index (κ2) is 23.3. The quantitative estimate of drug-likeness (QED) is 0.0905. The summed E-state index contributed by atoms with van der Waals surface area (Å²) in [5.74, 6) is 6.71. The molecule has 4 aliphatic rings. The molecule has 0 bridgehead atoms. The topological polar surface area (TPSA) is 0 Å². The second-order valence-electron chi connectivity index (χ2n) is 17.7. The predicted molar refractivity (Wildman–Crippen MR) is 214 cm³/mol. The van der Waals surface area contributed by atoms with Gasteiger partial charge in [0.1, 0.15) is 0 Å². The molecule has 8 atom stereocenters. The van der Waals surface area contributed by atoms with Crippen LogP contribution in [0.3, 0.4) is 0 Å². The average Bonchev–Trinajstić information content (AvgIpc) is 3.44. The van der Waals surface area contributed by atoms with Gasteiger partial charge in [-0.2, -0.15) is 0 Å². The summed E-state index contributed by atoms with van der Waals surface area (Å²) in [7, 11) is 0. The summed E-state index contributed by atoms with van der Waals surface area (Å²) in [5, 5.41) is 0. The molecule has 0 aliphatic heterocycles. The minimum absolute atomic E-state index is 0.534. The lowest BCUT2D eigenvalue weighted by Crippen LogP contribution is -2.50. The zero-order valence-corrected chi connectivity index (χ0v) is 34.5. The van der Waals surface area contributed by atoms with Crippen LogP contribution in [0.4, 0.5) is 0 Å². The van der Waals surface area contributed by atoms with Crippen molar-refractivity contribution in [2.45, 2.75) is 236 Å². The molecule has 1 unspecified atom stereocenters. The van der Waals surface area contributed by atoms with Gasteiger partial charge in [-0.05, 0) is 104 Å². The number of hydrogen-bond acceptors (Lipinski definition) is 0. The smallest absolute Gasteiger partial charge is 0.00851 e. The summed E-state index contributed by atoms with van der Waals surface area (Å²) in [6.45, 7) is 23.4. The van der Waals surface area contributed by atoms with E-state index in [9.17, 15) is 0 Å². The van der Waals surface area contributed by atoms with Crippen molar-refractivity contribution in [1.82, 2.24) is 0 Å². The molecular weight excluding hydrogens is 565 g/mol. The van der Waals surface area contributed by atoms with Crippen LogP contribution in [0, 0.1) is 52.3 Å². The van der Waals surface area contributed by atoms with Gasteiger partial charge < -0.3 is 0 Å². The Balaban J connectivity index is 0.00000185. The van der Waals surface area contributed by atoms with Gasteiger partial charge in [0, 0.05) is 0 Å². The molecule has 0 aromatic heterocycles. The van der Waals surface area contributed by atoms with Crippen LogP contribution in [0.2, 0.25) is 0 Å². The van der Waals surface area contributed by atoms with Crippen LogP contribution in [-0.2, 0) is 0 Å². The Morgan fingerprint density at radius 2 is 1.13 bits per heavy atom. The first-order valence-electron chi connectivity index (χ1n) is 22.5. The van der Waals surface area contributed by atoms with E-state index in [0.29, 0.717) is 10.8 Å². The molecule has 0 aromatic carbocycles. The van der Waals surface area contributed by atoms with E-state index in [1.807, 2.05) is 33.3 Å². The van der Waals surface area contributed by atoms with Crippen LogP contribution >= 0.6 is 0 Å². The van der Waals surface area contributed by atoms with Crippen molar-refractivity contribution in [1.29, 1.82) is 0 Å². The fourth-order valence-corrected chi connectivity index (χ4v) is 11.6. The second-order valence-corrected chi connectivity index (χ2v) is 17.7. The van der Waals surface area contributed by atoms with Gasteiger partial charge in [0.05, 0.1) is 0 Å². The van der Waals surface area contributed by atoms with Crippen LogP contribution in [-0.4, -0.2) is 0 Å². The number of rotatable bonds is 20. The van der Waals surface area contributed by atoms with Gasteiger partial charge >= 0.3 is 0 Å². The van der Waals surface area contributed by atoms with Gasteiger partial charge in [-0.1, -0.05) is 196 Å². The maximum absolute atomic E-state index is 2.80. The summed E-state index contributed by atoms with van der Waals surface area (Å²) in [6, 6.07) is 0. The molecule has 4 rings (SSSR count). The number of fused-ring (bicyclic) bond motifs is 5. The van der Waals surface area contributed by atoms with Crippen molar-refractivity contribution in [2.24, 2.45) is 52.3 Å². The lowest BCUT2D eigenvalue weighted by atomic mass is 9.46. The Labute approximate surface area is 299 Å². The molecule has 0 N–H and O–H groups in total. The molecule has 0 heterocycles. The van der Waals surface area contributed by atoms with Crippen molar-refractivity contribution in [2.75, 3.05) is 0 Å². The summed E-state index contributed by atoms with van der Waals surface area (Å²) in [4.78, 5) is 0. The van der Waals surface area contributed by atoms with E-state index in [1.54, 1.807) is 6.42 Å². The van der Waals surface area contributed by atoms with E-state index >= 15 is 0 Å². The van der Waals surface area contributed by atoms with Crippen molar-refractivity contribution in [3.63, 3.8) is 0 Å². The molecule has 0 heteroatoms. The zero-order valence-electron chi connectivity index (χ0n) is 34.5. The number of allylic oxidation sites excluding steroid dienone is 2. The highest BCUT2D eigenvalue weighted by Crippen LogP contribution is 2.67. The highest BCUT2D eigenvalue weighted by atomic mass is 14.6. The van der Waals surface area contributed by atoms with E-state index in [4.69, 9.17) is 0 Å². The first kappa shape index (κ1) is 42.9. The molecule has 0 spiro atoms. The van der Waals surface area contributed by atoms with Crippen molar-refractivity contribution in [3.8, 4) is 0 Å². The maximum Gasteiger partial charge on any atom is -0.00851 e. The van der Waals surface area contributed by atoms with Crippen LogP contribution in [0.25, 0.3) is 0 Å². The fraction of sp³-hybridized carbons (Fsp3) is 0.957. The largest absolute Gasteiger partial charge is 0.0845 e. The van der Waals surface area contributed by atoms with E-state index in [-0.39, 0.29) is 0 Å². The molecule has 0 nitrogen and oxygen atoms in total. The molecule has 278 valence electrons. The first-order chi connectivity index (χ1) is 22.8. The third-order valence-electron chi connectivity index (χ3n) is 14.6. The molecule has 3 saturated carbocycles. The van der Waals surface area contributed by atoms with Crippen molar-refractivity contribution in [3.05, 3.63) is 11.6 Å². The third-order valence-corrected chi connectivity index (χ3v) is 14.6. The monoisotopic (exact) mass is 655 g/mol. The predicted octanol–water partition coefficient (Wildman–Crippen LogP) is 16.6. The third kappa shape index (κ3) is 12.2. The van der Waals surface area contributed by atoms with Crippen LogP contribution in [0.15, 0.2) is 11.6 Å². The maximum atomic E-state index is 2.80. The number of unbranched alkanes of at least 4 members (excludes halogenated alkanes) is 16. The van der Waals surface area contributed by atoms with Gasteiger partial charge in [0.15, 0.2) is 0 Å². The lowest BCUT2D eigenvalue weighted by molar-refractivity contribution is -0.0538. The van der Waals surface area contributed by atoms with Crippen molar-refractivity contribution < 1.29 is 0 Å². The minimum Gasteiger partial charge on any atom is -0.0845 e. The Morgan fingerprint density at radius 1 is 0.617 bits per heavy atom. The van der Waals surface area contributed by atoms with Crippen molar-refractivity contribution >= 4 is 0 Å². The molecule has 0 amide bonds. The van der Waals surface area contributed by atoms with E-state index in [1.165, 1.54) is 161 Å². The van der Waals surface area contributed by atoms with Crippen LogP contribution < -0.4 is 0 Å². The highest BCUT2D eigenvalue weighted by molar-refractivity contribution is 5.25. The Hall–Kier alpha value is -0.260. The standard InChI is InChI=1S/C43H78.2C2H6/c1-7-8-9-10-11-12-13-14-15-16-17-18-19-20-21-22-23-24-35(4)39-27-28-40-38-26-25-37-33-36(34(2)3)29-31-42(37,5)41(38)30-32-43(39,40)6;2*1-2/h25,34-36,38-41H,7-24,26-33H2,1-6H3;2*1-2H3/t35-,36+,38?,39-,40+,41+,42+,43-;;/m1../s1. The van der Waals surface area contributed by atoms with Gasteiger partial charge in [0.25, 0.3) is 0 Å². The van der Waals surface area contributed by atoms with E-state index in [0.717, 1.165) is 41.4 Å². The fourth-order valence-electron chi connectivity index (χ4n) is 11.6. The van der Waals surface area contributed by atoms with Crippen LogP contribution in [0.5, 0.6) is 0 Å². The summed E-state index contributed by atoms with van der Waals surface area (Å²) in [6.07, 6.45) is 41.4. The lowest BCUT2D eigenvalue weighted by Gasteiger charge is -2.59. The Bertz CT molecular complexity index is 805. The molecule has 47 heavy (non-hydrogen) atoms. The van der Waals surface area contributed by atoms with E-state index in [2.05, 4.69) is 47.6 Å². The SMILES string of the molecule is CC.CC.CCCCCCCCCCCCCCCCCCC[C@@H](C)[C@H]1CC[C@H]2C3CC=C4C[C@@H](C(C)C)CC[C@]4(C)[C@H]3CC[C@]12C. The molecule has 0 aromatic rings. The normalized spacial score (nSPS) is 31.8. The summed E-state index contributed by atoms with van der Waals surface area (Å²) in [5.41, 5.74) is 3.06. The number of hydrogen-bond donors (Lipinski definition) is 0. The molecule has 4 aliphatic carbocycles. The summed E-state index contributed by atoms with van der Waals surface area (Å²) >= 11 is 0. The van der Waals surface area contributed by atoms with Crippen LogP contribution in [0.1, 0.15) is 236 Å². The molecular formula is C47H90. The molecule has 0 radical (unpaired) electrons. The van der Waals surface area contributed by atoms with Gasteiger partial charge in [0.2, 0.25) is 0 Å².